The molecule has 19 heavy (non-hydrogen) atoms. The summed E-state index contributed by atoms with van der Waals surface area (Å²) in [6, 6.07) is 0.787. The molecular weight excluding hydrogens is 244 g/mol. The van der Waals surface area contributed by atoms with Crippen LogP contribution in [-0.4, -0.2) is 60.9 Å². The minimum Gasteiger partial charge on any atom is -0.480 e. The Kier molecular flexibility index (Phi) is 6.23. The molecule has 1 aliphatic rings. The Hall–Kier alpha value is -0.650. The molecule has 5 heteroatoms. The Labute approximate surface area is 116 Å². The van der Waals surface area contributed by atoms with E-state index in [9.17, 15) is 9.90 Å². The summed E-state index contributed by atoms with van der Waals surface area (Å²) in [6.45, 7) is 5.94. The highest BCUT2D eigenvalue weighted by Gasteiger charge is 2.46. The van der Waals surface area contributed by atoms with E-state index < -0.39 is 11.5 Å². The van der Waals surface area contributed by atoms with Crippen LogP contribution in [0.5, 0.6) is 0 Å². The van der Waals surface area contributed by atoms with Gasteiger partial charge in [-0.05, 0) is 39.7 Å². The van der Waals surface area contributed by atoms with E-state index in [-0.39, 0.29) is 0 Å². The Morgan fingerprint density at radius 3 is 2.74 bits per heavy atom. The highest BCUT2D eigenvalue weighted by Crippen LogP contribution is 2.34. The largest absolute Gasteiger partial charge is 0.480 e. The number of aliphatic carboxylic acids is 1. The number of nitrogens with one attached hydrogen (secondary N) is 1. The van der Waals surface area contributed by atoms with E-state index >= 15 is 0 Å². The number of methoxy groups -OCH3 is 1. The average Bonchev–Trinajstić information content (AvgIpc) is 2.84. The normalized spacial score (nSPS) is 28.8. The second kappa shape index (κ2) is 7.22. The van der Waals surface area contributed by atoms with E-state index in [1.165, 1.54) is 0 Å². The van der Waals surface area contributed by atoms with Crippen LogP contribution in [0.3, 0.4) is 0 Å². The molecule has 0 saturated heterocycles. The second-order valence-electron chi connectivity index (χ2n) is 5.52. The van der Waals surface area contributed by atoms with Crippen LogP contribution in [0.2, 0.25) is 0 Å². The number of carboxylic acids is 1. The van der Waals surface area contributed by atoms with Crippen molar-refractivity contribution in [3.63, 3.8) is 0 Å². The number of carbonyl (C=O) groups is 1. The van der Waals surface area contributed by atoms with Crippen molar-refractivity contribution in [2.24, 2.45) is 0 Å². The molecule has 0 bridgehead atoms. The summed E-state index contributed by atoms with van der Waals surface area (Å²) in [6.07, 6.45) is 3.37. The maximum absolute atomic E-state index is 11.5. The third kappa shape index (κ3) is 3.68. The smallest absolute Gasteiger partial charge is 0.323 e. The molecule has 0 aliphatic heterocycles. The molecule has 1 saturated carbocycles. The highest BCUT2D eigenvalue weighted by molar-refractivity contribution is 5.79. The van der Waals surface area contributed by atoms with Gasteiger partial charge in [0.25, 0.3) is 0 Å². The molecule has 2 N–H and O–H groups in total. The third-order valence-electron chi connectivity index (χ3n) is 4.56. The number of carboxylic acid groups (broad SMARTS) is 1. The first-order valence-corrected chi connectivity index (χ1v) is 7.17. The molecule has 0 aromatic rings. The van der Waals surface area contributed by atoms with Crippen LogP contribution in [0.15, 0.2) is 0 Å². The monoisotopic (exact) mass is 272 g/mol. The van der Waals surface area contributed by atoms with Gasteiger partial charge >= 0.3 is 5.97 Å². The number of ether oxygens (including phenoxy) is 1. The van der Waals surface area contributed by atoms with Crippen molar-refractivity contribution in [1.29, 1.82) is 0 Å². The molecular formula is C14H28N2O3. The van der Waals surface area contributed by atoms with Crippen LogP contribution >= 0.6 is 0 Å². The summed E-state index contributed by atoms with van der Waals surface area (Å²) < 4.78 is 5.18. The third-order valence-corrected chi connectivity index (χ3v) is 4.56. The lowest BCUT2D eigenvalue weighted by molar-refractivity contribution is -0.144. The molecule has 1 aliphatic carbocycles. The van der Waals surface area contributed by atoms with Crippen molar-refractivity contribution in [2.75, 3.05) is 27.3 Å². The van der Waals surface area contributed by atoms with Crippen molar-refractivity contribution in [1.82, 2.24) is 10.2 Å². The van der Waals surface area contributed by atoms with Crippen molar-refractivity contribution >= 4 is 5.97 Å². The predicted octanol–water partition coefficient (Wildman–Crippen LogP) is 1.33. The number of rotatable bonds is 8. The van der Waals surface area contributed by atoms with Gasteiger partial charge < -0.3 is 15.2 Å². The standard InChI is InChI=1S/C14H28N2O3/c1-5-11(2)16(8-9-19-4)12-6-7-14(10-12,15-3)13(17)18/h11-12,15H,5-10H2,1-4H3,(H,17,18). The Morgan fingerprint density at radius 1 is 1.63 bits per heavy atom. The number of hydrogen-bond acceptors (Lipinski definition) is 4. The van der Waals surface area contributed by atoms with E-state index in [2.05, 4.69) is 24.1 Å². The average molecular weight is 272 g/mol. The van der Waals surface area contributed by atoms with E-state index in [1.54, 1.807) is 14.2 Å². The molecule has 1 rings (SSSR count). The zero-order valence-electron chi connectivity index (χ0n) is 12.6. The minimum absolute atomic E-state index is 0.327. The fourth-order valence-corrected chi connectivity index (χ4v) is 3.02. The van der Waals surface area contributed by atoms with Crippen LogP contribution in [0.4, 0.5) is 0 Å². The maximum atomic E-state index is 11.5. The summed E-state index contributed by atoms with van der Waals surface area (Å²) in [4.78, 5) is 13.9. The van der Waals surface area contributed by atoms with Crippen molar-refractivity contribution < 1.29 is 14.6 Å². The van der Waals surface area contributed by atoms with Crippen molar-refractivity contribution in [2.45, 2.75) is 57.2 Å². The molecule has 0 aromatic carbocycles. The topological polar surface area (TPSA) is 61.8 Å². The highest BCUT2D eigenvalue weighted by atomic mass is 16.5. The maximum Gasteiger partial charge on any atom is 0.323 e. The Bertz CT molecular complexity index is 298. The first kappa shape index (κ1) is 16.4. The van der Waals surface area contributed by atoms with Crippen molar-refractivity contribution in [3.8, 4) is 0 Å². The van der Waals surface area contributed by atoms with Crippen LogP contribution in [-0.2, 0) is 9.53 Å². The predicted molar refractivity (Wildman–Crippen MR) is 75.4 cm³/mol. The minimum atomic E-state index is -0.747. The summed E-state index contributed by atoms with van der Waals surface area (Å²) in [5.41, 5.74) is -0.747. The SMILES string of the molecule is CCC(C)N(CCOC)C1CCC(NC)(C(=O)O)C1. The zero-order valence-corrected chi connectivity index (χ0v) is 12.6. The molecule has 0 aromatic heterocycles. The van der Waals surface area contributed by atoms with Gasteiger partial charge in [0.15, 0.2) is 0 Å². The number of hydrogen-bond donors (Lipinski definition) is 2. The zero-order chi connectivity index (χ0) is 14.5. The van der Waals surface area contributed by atoms with Gasteiger partial charge in [-0.3, -0.25) is 9.69 Å². The molecule has 0 amide bonds. The van der Waals surface area contributed by atoms with Gasteiger partial charge in [0, 0.05) is 25.7 Å². The first-order chi connectivity index (χ1) is 9.00. The summed E-state index contributed by atoms with van der Waals surface area (Å²) in [5, 5.41) is 12.4. The lowest BCUT2D eigenvalue weighted by Gasteiger charge is -2.35. The lowest BCUT2D eigenvalue weighted by Crippen LogP contribution is -2.50. The Morgan fingerprint density at radius 2 is 2.32 bits per heavy atom. The van der Waals surface area contributed by atoms with Crippen LogP contribution < -0.4 is 5.32 Å². The van der Waals surface area contributed by atoms with Crippen LogP contribution in [0, 0.1) is 0 Å². The summed E-state index contributed by atoms with van der Waals surface area (Å²) in [7, 11) is 3.46. The summed E-state index contributed by atoms with van der Waals surface area (Å²) in [5.74, 6) is -0.728. The molecule has 0 spiro atoms. The fourth-order valence-electron chi connectivity index (χ4n) is 3.02. The van der Waals surface area contributed by atoms with E-state index in [1.807, 2.05) is 0 Å². The van der Waals surface area contributed by atoms with E-state index in [0.717, 1.165) is 19.4 Å². The summed E-state index contributed by atoms with van der Waals surface area (Å²) >= 11 is 0. The van der Waals surface area contributed by atoms with Crippen molar-refractivity contribution in [3.05, 3.63) is 0 Å². The van der Waals surface area contributed by atoms with Gasteiger partial charge in [-0.15, -0.1) is 0 Å². The van der Waals surface area contributed by atoms with Crippen LogP contribution in [0.25, 0.3) is 0 Å². The van der Waals surface area contributed by atoms with Gasteiger partial charge in [-0.25, -0.2) is 0 Å². The van der Waals surface area contributed by atoms with Gasteiger partial charge in [-0.2, -0.15) is 0 Å². The van der Waals surface area contributed by atoms with E-state index in [4.69, 9.17) is 4.74 Å². The molecule has 0 radical (unpaired) electrons. The van der Waals surface area contributed by atoms with E-state index in [0.29, 0.717) is 31.5 Å². The first-order valence-electron chi connectivity index (χ1n) is 7.17. The molecule has 112 valence electrons. The fraction of sp³-hybridized carbons (Fsp3) is 0.929. The van der Waals surface area contributed by atoms with Gasteiger partial charge in [0.2, 0.25) is 0 Å². The number of likely N-dealkylation sites (N-methyl/N-ethyl adjacent to an activating group) is 1. The Balaban J connectivity index is 2.74. The quantitative estimate of drug-likeness (QED) is 0.698. The molecule has 1 fully saturated rings. The van der Waals surface area contributed by atoms with Crippen LogP contribution in [0.1, 0.15) is 39.5 Å². The van der Waals surface area contributed by atoms with Gasteiger partial charge in [0.1, 0.15) is 5.54 Å². The molecule has 3 atom stereocenters. The molecule has 0 heterocycles. The second-order valence-corrected chi connectivity index (χ2v) is 5.52. The molecule has 5 nitrogen and oxygen atoms in total. The lowest BCUT2D eigenvalue weighted by atomic mass is 9.97. The number of nitrogens with zero attached hydrogens (tertiary/aromatic N) is 1. The van der Waals surface area contributed by atoms with Gasteiger partial charge in [-0.1, -0.05) is 6.92 Å². The molecule has 3 unspecified atom stereocenters. The van der Waals surface area contributed by atoms with Gasteiger partial charge in [0.05, 0.1) is 6.61 Å².